The highest BCUT2D eigenvalue weighted by molar-refractivity contribution is 5.97. The third-order valence-electron chi connectivity index (χ3n) is 2.99. The molecule has 0 saturated carbocycles. The predicted molar refractivity (Wildman–Crippen MR) is 79.6 cm³/mol. The molecule has 4 heteroatoms. The summed E-state index contributed by atoms with van der Waals surface area (Å²) in [7, 11) is 0. The molecule has 1 rings (SSSR count). The highest BCUT2D eigenvalue weighted by Gasteiger charge is 2.10. The van der Waals surface area contributed by atoms with Gasteiger partial charge in [0.2, 0.25) is 0 Å². The lowest BCUT2D eigenvalue weighted by molar-refractivity contribution is -0.117. The summed E-state index contributed by atoms with van der Waals surface area (Å²) in [4.78, 5) is 11.8. The number of amides is 1. The number of hydrogen-bond donors (Lipinski definition) is 2. The van der Waals surface area contributed by atoms with Crippen LogP contribution in [0, 0.1) is 18.3 Å². The largest absolute Gasteiger partial charge is 0.386 e. The van der Waals surface area contributed by atoms with Crippen molar-refractivity contribution in [2.24, 2.45) is 0 Å². The molecule has 0 aliphatic carbocycles. The molecule has 1 unspecified atom stereocenters. The van der Waals surface area contributed by atoms with E-state index in [1.165, 1.54) is 11.8 Å². The summed E-state index contributed by atoms with van der Waals surface area (Å²) in [6, 6.07) is 10.1. The Hall–Kier alpha value is -2.28. The van der Waals surface area contributed by atoms with Crippen molar-refractivity contribution in [3.05, 3.63) is 47.2 Å². The molecule has 1 aromatic rings. The van der Waals surface area contributed by atoms with Gasteiger partial charge in [0.25, 0.3) is 5.91 Å². The summed E-state index contributed by atoms with van der Waals surface area (Å²) in [5.41, 5.74) is 2.39. The molecule has 1 aromatic carbocycles. The number of nitriles is 1. The number of aryl methyl sites for hydroxylation is 1. The van der Waals surface area contributed by atoms with Crippen LogP contribution in [0.15, 0.2) is 36.0 Å². The van der Waals surface area contributed by atoms with Crippen molar-refractivity contribution in [2.75, 3.05) is 0 Å². The zero-order chi connectivity index (χ0) is 15.0. The van der Waals surface area contributed by atoms with E-state index in [1.807, 2.05) is 45.0 Å². The second kappa shape index (κ2) is 8.00. The van der Waals surface area contributed by atoms with Crippen LogP contribution in [0.4, 0.5) is 0 Å². The average Bonchev–Trinajstić information content (AvgIpc) is 2.43. The molecule has 0 aromatic heterocycles. The smallest absolute Gasteiger partial charge is 0.263 e. The third-order valence-corrected chi connectivity index (χ3v) is 2.99. The predicted octanol–water partition coefficient (Wildman–Crippen LogP) is 2.41. The van der Waals surface area contributed by atoms with Crippen molar-refractivity contribution < 1.29 is 4.79 Å². The molecule has 0 fully saturated rings. The molecule has 1 amide bonds. The van der Waals surface area contributed by atoms with Gasteiger partial charge in [-0.2, -0.15) is 5.26 Å². The van der Waals surface area contributed by atoms with Gasteiger partial charge in [-0.05, 0) is 25.8 Å². The summed E-state index contributed by atoms with van der Waals surface area (Å²) in [6.45, 7) is 6.51. The maximum absolute atomic E-state index is 11.8. The number of carbonyl (C=O) groups excluding carboxylic acids is 1. The molecule has 20 heavy (non-hydrogen) atoms. The first-order valence-electron chi connectivity index (χ1n) is 6.76. The van der Waals surface area contributed by atoms with Gasteiger partial charge in [-0.25, -0.2) is 0 Å². The molecule has 0 spiro atoms. The van der Waals surface area contributed by atoms with E-state index in [2.05, 4.69) is 16.7 Å². The van der Waals surface area contributed by atoms with Crippen LogP contribution < -0.4 is 10.6 Å². The highest BCUT2D eigenvalue weighted by Crippen LogP contribution is 2.03. The van der Waals surface area contributed by atoms with Crippen LogP contribution in [0.3, 0.4) is 0 Å². The Morgan fingerprint density at radius 2 is 2.25 bits per heavy atom. The normalized spacial score (nSPS) is 12.4. The summed E-state index contributed by atoms with van der Waals surface area (Å²) in [5.74, 6) is -0.335. The number of carbonyl (C=O) groups is 1. The molecule has 0 saturated heterocycles. The summed E-state index contributed by atoms with van der Waals surface area (Å²) in [5, 5.41) is 14.8. The number of nitrogens with one attached hydrogen (secondary N) is 2. The Labute approximate surface area is 120 Å². The van der Waals surface area contributed by atoms with Crippen LogP contribution in [0.25, 0.3) is 0 Å². The second-order valence-corrected chi connectivity index (χ2v) is 4.82. The number of rotatable bonds is 6. The Balaban J connectivity index is 2.58. The van der Waals surface area contributed by atoms with Gasteiger partial charge in [0.15, 0.2) is 0 Å². The van der Waals surface area contributed by atoms with Crippen LogP contribution in [-0.2, 0) is 11.3 Å². The van der Waals surface area contributed by atoms with E-state index in [0.29, 0.717) is 6.54 Å². The molecule has 1 atom stereocenters. The maximum atomic E-state index is 11.8. The number of benzene rings is 1. The molecule has 0 aliphatic rings. The van der Waals surface area contributed by atoms with Crippen molar-refractivity contribution >= 4 is 5.91 Å². The van der Waals surface area contributed by atoms with Gasteiger partial charge in [0.05, 0.1) is 0 Å². The van der Waals surface area contributed by atoms with Crippen molar-refractivity contribution in [1.29, 1.82) is 5.26 Å². The quantitative estimate of drug-likeness (QED) is 0.617. The van der Waals surface area contributed by atoms with E-state index >= 15 is 0 Å². The number of nitrogens with zero attached hydrogens (tertiary/aromatic N) is 1. The van der Waals surface area contributed by atoms with Gasteiger partial charge in [-0.1, -0.05) is 36.8 Å². The average molecular weight is 271 g/mol. The minimum Gasteiger partial charge on any atom is -0.386 e. The summed E-state index contributed by atoms with van der Waals surface area (Å²) >= 11 is 0. The lowest BCUT2D eigenvalue weighted by Gasteiger charge is -2.10. The number of hydrogen-bond acceptors (Lipinski definition) is 3. The molecular formula is C16H21N3O. The van der Waals surface area contributed by atoms with Crippen LogP contribution in [0.1, 0.15) is 31.4 Å². The van der Waals surface area contributed by atoms with Crippen molar-refractivity contribution in [1.82, 2.24) is 10.6 Å². The first-order chi connectivity index (χ1) is 9.56. The third kappa shape index (κ3) is 5.15. The lowest BCUT2D eigenvalue weighted by Crippen LogP contribution is -2.33. The molecule has 0 radical (unpaired) electrons. The molecule has 0 heterocycles. The Bertz CT molecular complexity index is 529. The van der Waals surface area contributed by atoms with Gasteiger partial charge in [-0.15, -0.1) is 0 Å². The van der Waals surface area contributed by atoms with Crippen LogP contribution >= 0.6 is 0 Å². The van der Waals surface area contributed by atoms with Gasteiger partial charge < -0.3 is 10.6 Å². The zero-order valence-corrected chi connectivity index (χ0v) is 12.2. The highest BCUT2D eigenvalue weighted by atomic mass is 16.1. The Morgan fingerprint density at radius 1 is 1.50 bits per heavy atom. The van der Waals surface area contributed by atoms with E-state index in [4.69, 9.17) is 5.26 Å². The monoisotopic (exact) mass is 271 g/mol. The van der Waals surface area contributed by atoms with Crippen LogP contribution in [0.5, 0.6) is 0 Å². The van der Waals surface area contributed by atoms with Gasteiger partial charge >= 0.3 is 0 Å². The van der Waals surface area contributed by atoms with Crippen molar-refractivity contribution in [3.63, 3.8) is 0 Å². The fourth-order valence-electron chi connectivity index (χ4n) is 1.65. The minimum atomic E-state index is -0.335. The van der Waals surface area contributed by atoms with Gasteiger partial charge in [0, 0.05) is 18.8 Å². The van der Waals surface area contributed by atoms with E-state index in [9.17, 15) is 4.79 Å². The van der Waals surface area contributed by atoms with Crippen LogP contribution in [-0.4, -0.2) is 11.9 Å². The van der Waals surface area contributed by atoms with Gasteiger partial charge in [0.1, 0.15) is 11.6 Å². The van der Waals surface area contributed by atoms with Crippen molar-refractivity contribution in [3.8, 4) is 6.07 Å². The van der Waals surface area contributed by atoms with Crippen molar-refractivity contribution in [2.45, 2.75) is 39.8 Å². The Kier molecular flexibility index (Phi) is 6.31. The van der Waals surface area contributed by atoms with Gasteiger partial charge in [-0.3, -0.25) is 4.79 Å². The first-order valence-corrected chi connectivity index (χ1v) is 6.76. The molecule has 106 valence electrons. The van der Waals surface area contributed by atoms with E-state index in [-0.39, 0.29) is 17.5 Å². The maximum Gasteiger partial charge on any atom is 0.263 e. The fraction of sp³-hybridized carbons (Fsp3) is 0.375. The minimum absolute atomic E-state index is 0.0658. The van der Waals surface area contributed by atoms with E-state index < -0.39 is 0 Å². The summed E-state index contributed by atoms with van der Waals surface area (Å²) in [6.07, 6.45) is 2.31. The summed E-state index contributed by atoms with van der Waals surface area (Å²) < 4.78 is 0. The van der Waals surface area contributed by atoms with E-state index in [1.54, 1.807) is 0 Å². The SMILES string of the molecule is CCC(C)NC(=O)/C(C#N)=C\NCc1cccc(C)c1. The topological polar surface area (TPSA) is 64.9 Å². The second-order valence-electron chi connectivity index (χ2n) is 4.82. The first kappa shape index (κ1) is 15.8. The molecule has 4 nitrogen and oxygen atoms in total. The molecule has 2 N–H and O–H groups in total. The molecule has 0 aliphatic heterocycles. The zero-order valence-electron chi connectivity index (χ0n) is 12.2. The lowest BCUT2D eigenvalue weighted by atomic mass is 10.1. The van der Waals surface area contributed by atoms with E-state index in [0.717, 1.165) is 12.0 Å². The Morgan fingerprint density at radius 3 is 2.85 bits per heavy atom. The van der Waals surface area contributed by atoms with Crippen LogP contribution in [0.2, 0.25) is 0 Å². The standard InChI is InChI=1S/C16H21N3O/c1-4-13(3)19-16(20)15(9-17)11-18-10-14-7-5-6-12(2)8-14/h5-8,11,13,18H,4,10H2,1-3H3,(H,19,20)/b15-11-. The molecule has 0 bridgehead atoms. The fourth-order valence-corrected chi connectivity index (χ4v) is 1.65. The molecular weight excluding hydrogens is 250 g/mol.